The Kier molecular flexibility index (Phi) is 4.91. The summed E-state index contributed by atoms with van der Waals surface area (Å²) >= 11 is 0. The van der Waals surface area contributed by atoms with E-state index in [1.807, 2.05) is 38.1 Å². The van der Waals surface area contributed by atoms with Gasteiger partial charge in [-0.3, -0.25) is 4.72 Å². The number of sulfonamides is 1. The monoisotopic (exact) mass is 317 g/mol. The second-order valence-electron chi connectivity index (χ2n) is 5.80. The third kappa shape index (κ3) is 3.69. The van der Waals surface area contributed by atoms with Crippen LogP contribution in [0.2, 0.25) is 0 Å². The highest BCUT2D eigenvalue weighted by atomic mass is 32.2. The van der Waals surface area contributed by atoms with Gasteiger partial charge in [-0.15, -0.1) is 0 Å². The standard InChI is InChI=1S/C18H23NO2S/c1-5-14(3)16-7-9-17(10-8-16)22(20,21)19-18-11-6-13(2)12-15(18)4/h6-12,14,19H,5H2,1-4H3/t14-/m0/s1. The van der Waals surface area contributed by atoms with Gasteiger partial charge in [0.15, 0.2) is 0 Å². The molecule has 0 radical (unpaired) electrons. The molecule has 0 amide bonds. The maximum Gasteiger partial charge on any atom is 0.261 e. The van der Waals surface area contributed by atoms with E-state index in [0.29, 0.717) is 16.5 Å². The van der Waals surface area contributed by atoms with Gasteiger partial charge in [0, 0.05) is 0 Å². The predicted molar refractivity (Wildman–Crippen MR) is 91.9 cm³/mol. The van der Waals surface area contributed by atoms with E-state index in [4.69, 9.17) is 0 Å². The normalized spacial score (nSPS) is 12.9. The van der Waals surface area contributed by atoms with Crippen LogP contribution in [0.25, 0.3) is 0 Å². The highest BCUT2D eigenvalue weighted by Crippen LogP contribution is 2.23. The maximum atomic E-state index is 12.5. The van der Waals surface area contributed by atoms with Gasteiger partial charge in [0.1, 0.15) is 0 Å². The third-order valence-electron chi connectivity index (χ3n) is 4.00. The Morgan fingerprint density at radius 3 is 2.23 bits per heavy atom. The molecule has 0 aliphatic rings. The molecule has 4 heteroatoms. The number of nitrogens with one attached hydrogen (secondary N) is 1. The zero-order chi connectivity index (χ0) is 16.3. The summed E-state index contributed by atoms with van der Waals surface area (Å²) in [4.78, 5) is 0.291. The lowest BCUT2D eigenvalue weighted by atomic mass is 9.99. The van der Waals surface area contributed by atoms with Crippen LogP contribution in [0, 0.1) is 13.8 Å². The molecule has 22 heavy (non-hydrogen) atoms. The Morgan fingerprint density at radius 2 is 1.68 bits per heavy atom. The Balaban J connectivity index is 2.26. The van der Waals surface area contributed by atoms with Crippen LogP contribution in [-0.4, -0.2) is 8.42 Å². The van der Waals surface area contributed by atoms with Crippen molar-refractivity contribution in [3.8, 4) is 0 Å². The smallest absolute Gasteiger partial charge is 0.261 e. The van der Waals surface area contributed by atoms with Crippen LogP contribution in [0.5, 0.6) is 0 Å². The van der Waals surface area contributed by atoms with Crippen molar-refractivity contribution in [1.82, 2.24) is 0 Å². The van der Waals surface area contributed by atoms with Crippen LogP contribution in [0.4, 0.5) is 5.69 Å². The van der Waals surface area contributed by atoms with Crippen molar-refractivity contribution in [3.63, 3.8) is 0 Å². The summed E-state index contributed by atoms with van der Waals surface area (Å²) in [6.07, 6.45) is 1.03. The summed E-state index contributed by atoms with van der Waals surface area (Å²) in [6.45, 7) is 8.14. The van der Waals surface area contributed by atoms with E-state index < -0.39 is 10.0 Å². The Morgan fingerprint density at radius 1 is 1.05 bits per heavy atom. The minimum Gasteiger partial charge on any atom is -0.279 e. The Bertz CT molecular complexity index is 749. The second kappa shape index (κ2) is 6.53. The summed E-state index contributed by atoms with van der Waals surface area (Å²) in [5.74, 6) is 0.434. The zero-order valence-electron chi connectivity index (χ0n) is 13.6. The molecule has 1 N–H and O–H groups in total. The Hall–Kier alpha value is -1.81. The molecule has 0 saturated carbocycles. The minimum atomic E-state index is -3.55. The fourth-order valence-electron chi connectivity index (χ4n) is 2.34. The molecule has 0 unspecified atom stereocenters. The second-order valence-corrected chi connectivity index (χ2v) is 7.48. The number of anilines is 1. The molecule has 118 valence electrons. The van der Waals surface area contributed by atoms with Crippen molar-refractivity contribution in [2.75, 3.05) is 4.72 Å². The van der Waals surface area contributed by atoms with Crippen molar-refractivity contribution in [1.29, 1.82) is 0 Å². The summed E-state index contributed by atoms with van der Waals surface area (Å²) in [5, 5.41) is 0. The third-order valence-corrected chi connectivity index (χ3v) is 5.38. The Labute approximate surface area is 133 Å². The topological polar surface area (TPSA) is 46.2 Å². The molecule has 0 heterocycles. The van der Waals surface area contributed by atoms with Crippen molar-refractivity contribution in [2.24, 2.45) is 0 Å². The molecule has 2 aromatic carbocycles. The van der Waals surface area contributed by atoms with Crippen molar-refractivity contribution in [3.05, 3.63) is 59.2 Å². The lowest BCUT2D eigenvalue weighted by Gasteiger charge is -2.13. The summed E-state index contributed by atoms with van der Waals surface area (Å²) in [7, 11) is -3.55. The van der Waals surface area contributed by atoms with E-state index in [2.05, 4.69) is 18.6 Å². The summed E-state index contributed by atoms with van der Waals surface area (Å²) in [5.41, 5.74) is 3.81. The lowest BCUT2D eigenvalue weighted by molar-refractivity contribution is 0.601. The lowest BCUT2D eigenvalue weighted by Crippen LogP contribution is -2.14. The fourth-order valence-corrected chi connectivity index (χ4v) is 3.47. The molecule has 0 aliphatic heterocycles. The van der Waals surface area contributed by atoms with Crippen LogP contribution >= 0.6 is 0 Å². The van der Waals surface area contributed by atoms with Gasteiger partial charge in [0.2, 0.25) is 0 Å². The number of hydrogen-bond acceptors (Lipinski definition) is 2. The largest absolute Gasteiger partial charge is 0.279 e. The summed E-state index contributed by atoms with van der Waals surface area (Å²) in [6, 6.07) is 12.8. The molecule has 1 atom stereocenters. The van der Waals surface area contributed by atoms with Gasteiger partial charge >= 0.3 is 0 Å². The van der Waals surface area contributed by atoms with E-state index in [0.717, 1.165) is 23.1 Å². The van der Waals surface area contributed by atoms with Gasteiger partial charge in [0.05, 0.1) is 10.6 Å². The first-order valence-corrected chi connectivity index (χ1v) is 9.02. The van der Waals surface area contributed by atoms with Gasteiger partial charge in [-0.1, -0.05) is 43.7 Å². The zero-order valence-corrected chi connectivity index (χ0v) is 14.4. The van der Waals surface area contributed by atoms with Gasteiger partial charge in [-0.2, -0.15) is 0 Å². The molecule has 0 fully saturated rings. The first-order valence-electron chi connectivity index (χ1n) is 7.53. The van der Waals surface area contributed by atoms with Crippen molar-refractivity contribution in [2.45, 2.75) is 44.9 Å². The fraction of sp³-hybridized carbons (Fsp3) is 0.333. The average molecular weight is 317 g/mol. The van der Waals surface area contributed by atoms with E-state index in [1.54, 1.807) is 18.2 Å². The van der Waals surface area contributed by atoms with Crippen LogP contribution < -0.4 is 4.72 Å². The SMILES string of the molecule is CC[C@H](C)c1ccc(S(=O)(=O)Nc2ccc(C)cc2C)cc1. The molecule has 0 bridgehead atoms. The average Bonchev–Trinajstić information content (AvgIpc) is 2.49. The molecule has 0 saturated heterocycles. The predicted octanol–water partition coefficient (Wildman–Crippen LogP) is 4.62. The highest BCUT2D eigenvalue weighted by molar-refractivity contribution is 7.92. The maximum absolute atomic E-state index is 12.5. The van der Waals surface area contributed by atoms with Gasteiger partial charge < -0.3 is 0 Å². The molecular formula is C18H23NO2S. The highest BCUT2D eigenvalue weighted by Gasteiger charge is 2.15. The quantitative estimate of drug-likeness (QED) is 0.874. The number of hydrogen-bond donors (Lipinski definition) is 1. The van der Waals surface area contributed by atoms with E-state index in [9.17, 15) is 8.42 Å². The van der Waals surface area contributed by atoms with Crippen molar-refractivity contribution < 1.29 is 8.42 Å². The number of benzene rings is 2. The molecule has 2 aromatic rings. The van der Waals surface area contributed by atoms with Gasteiger partial charge in [-0.25, -0.2) is 8.42 Å². The van der Waals surface area contributed by atoms with E-state index >= 15 is 0 Å². The first-order chi connectivity index (χ1) is 10.3. The van der Waals surface area contributed by atoms with Crippen molar-refractivity contribution >= 4 is 15.7 Å². The van der Waals surface area contributed by atoms with Gasteiger partial charge in [-0.05, 0) is 55.5 Å². The molecular weight excluding hydrogens is 294 g/mol. The van der Waals surface area contributed by atoms with Crippen LogP contribution in [0.1, 0.15) is 42.9 Å². The minimum absolute atomic E-state index is 0.291. The van der Waals surface area contributed by atoms with Crippen LogP contribution in [-0.2, 0) is 10.0 Å². The molecule has 2 rings (SSSR count). The molecule has 0 aliphatic carbocycles. The van der Waals surface area contributed by atoms with Crippen LogP contribution in [0.15, 0.2) is 47.4 Å². The molecule has 3 nitrogen and oxygen atoms in total. The summed E-state index contributed by atoms with van der Waals surface area (Å²) < 4.78 is 27.6. The molecule has 0 spiro atoms. The van der Waals surface area contributed by atoms with E-state index in [-0.39, 0.29) is 0 Å². The molecule has 0 aromatic heterocycles. The van der Waals surface area contributed by atoms with Gasteiger partial charge in [0.25, 0.3) is 10.0 Å². The van der Waals surface area contributed by atoms with Crippen LogP contribution in [0.3, 0.4) is 0 Å². The van der Waals surface area contributed by atoms with E-state index in [1.165, 1.54) is 0 Å². The first kappa shape index (κ1) is 16.6. The number of aryl methyl sites for hydroxylation is 2. The number of rotatable bonds is 5.